The van der Waals surface area contributed by atoms with Crippen LogP contribution in [0, 0.1) is 5.82 Å². The van der Waals surface area contributed by atoms with Crippen LogP contribution in [0.3, 0.4) is 0 Å². The molecular formula is C23H28F2N4O4S. The molecule has 0 bridgehead atoms. The fourth-order valence-electron chi connectivity index (χ4n) is 4.82. The van der Waals surface area contributed by atoms with Crippen molar-refractivity contribution in [3.05, 3.63) is 41.7 Å². The molecule has 11 heteroatoms. The van der Waals surface area contributed by atoms with E-state index in [9.17, 15) is 21.5 Å². The Labute approximate surface area is 197 Å². The number of hydrogen-bond donors (Lipinski definition) is 3. The summed E-state index contributed by atoms with van der Waals surface area (Å²) in [6, 6.07) is 6.77. The van der Waals surface area contributed by atoms with Crippen molar-refractivity contribution in [1.82, 2.24) is 4.90 Å². The number of ether oxygens (including phenoxy) is 1. The summed E-state index contributed by atoms with van der Waals surface area (Å²) in [4.78, 5) is 14.7. The van der Waals surface area contributed by atoms with Crippen molar-refractivity contribution in [3.63, 3.8) is 0 Å². The fourth-order valence-corrected chi connectivity index (χ4v) is 5.44. The number of hydrogen-bond acceptors (Lipinski definition) is 7. The Hall–Kier alpha value is -2.92. The minimum Gasteiger partial charge on any atom is -0.495 e. The Bertz CT molecular complexity index is 1220. The average Bonchev–Trinajstić information content (AvgIpc) is 3.05. The molecule has 1 unspecified atom stereocenters. The maximum absolute atomic E-state index is 14.4. The summed E-state index contributed by atoms with van der Waals surface area (Å²) in [5.41, 5.74) is 1.26. The summed E-state index contributed by atoms with van der Waals surface area (Å²) in [7, 11) is -3.64. The lowest BCUT2D eigenvalue weighted by Crippen LogP contribution is -2.55. The first-order valence-electron chi connectivity index (χ1n) is 11.1. The molecule has 2 atom stereocenters. The van der Waals surface area contributed by atoms with Gasteiger partial charge in [0.2, 0.25) is 5.91 Å². The summed E-state index contributed by atoms with van der Waals surface area (Å²) in [5, 5.41) is 9.37. The summed E-state index contributed by atoms with van der Waals surface area (Å²) in [6.07, 6.45) is 1.59. The second kappa shape index (κ2) is 9.03. The SMILES string of the molecule is CCNc1cc(F)cc2c1NC(=O)C2(C)N1CCC[C@@H](Nc2ccc(S(=O)(=O)F)c(OC)c2)C1. The monoisotopic (exact) mass is 494 g/mol. The predicted molar refractivity (Wildman–Crippen MR) is 126 cm³/mol. The Morgan fingerprint density at radius 3 is 2.74 bits per heavy atom. The number of amides is 1. The summed E-state index contributed by atoms with van der Waals surface area (Å²) >= 11 is 0. The predicted octanol–water partition coefficient (Wildman–Crippen LogP) is 3.67. The molecular weight excluding hydrogens is 466 g/mol. The Balaban J connectivity index is 1.59. The number of halogens is 2. The highest BCUT2D eigenvalue weighted by Crippen LogP contribution is 2.45. The van der Waals surface area contributed by atoms with Crippen molar-refractivity contribution >= 4 is 33.2 Å². The first-order valence-corrected chi connectivity index (χ1v) is 12.5. The highest BCUT2D eigenvalue weighted by Gasteiger charge is 2.49. The number of anilines is 3. The second-order valence-corrected chi connectivity index (χ2v) is 9.98. The van der Waals surface area contributed by atoms with Crippen molar-refractivity contribution in [1.29, 1.82) is 0 Å². The molecule has 2 aliphatic rings. The van der Waals surface area contributed by atoms with Gasteiger partial charge >= 0.3 is 10.2 Å². The van der Waals surface area contributed by atoms with Gasteiger partial charge in [0.25, 0.3) is 0 Å². The van der Waals surface area contributed by atoms with Crippen LogP contribution in [0.4, 0.5) is 25.3 Å². The van der Waals surface area contributed by atoms with Gasteiger partial charge in [-0.25, -0.2) is 4.39 Å². The number of nitrogens with zero attached hydrogens (tertiary/aromatic N) is 1. The van der Waals surface area contributed by atoms with Gasteiger partial charge in [-0.05, 0) is 57.5 Å². The minimum atomic E-state index is -4.91. The number of carbonyl (C=O) groups excluding carboxylic acids is 1. The van der Waals surface area contributed by atoms with Gasteiger partial charge in [-0.2, -0.15) is 8.42 Å². The number of likely N-dealkylation sites (tertiary alicyclic amines) is 1. The zero-order chi connectivity index (χ0) is 24.7. The van der Waals surface area contributed by atoms with E-state index in [-0.39, 0.29) is 17.7 Å². The van der Waals surface area contributed by atoms with Crippen molar-refractivity contribution in [2.75, 3.05) is 42.7 Å². The van der Waals surface area contributed by atoms with E-state index in [0.717, 1.165) is 18.9 Å². The molecule has 2 aliphatic heterocycles. The number of benzene rings is 2. The molecule has 1 fully saturated rings. The fraction of sp³-hybridized carbons (Fsp3) is 0.435. The van der Waals surface area contributed by atoms with Crippen LogP contribution in [0.1, 0.15) is 32.3 Å². The van der Waals surface area contributed by atoms with Crippen LogP contribution in [0.15, 0.2) is 35.2 Å². The first kappa shape index (κ1) is 24.2. The van der Waals surface area contributed by atoms with E-state index in [2.05, 4.69) is 16.0 Å². The Morgan fingerprint density at radius 1 is 1.29 bits per heavy atom. The maximum atomic E-state index is 14.4. The number of rotatable bonds is 7. The second-order valence-electron chi connectivity index (χ2n) is 8.67. The van der Waals surface area contributed by atoms with E-state index in [1.807, 2.05) is 11.8 Å². The number of nitrogens with one attached hydrogen (secondary N) is 3. The third kappa shape index (κ3) is 4.29. The molecule has 0 spiro atoms. The van der Waals surface area contributed by atoms with Gasteiger partial charge in [-0.3, -0.25) is 9.69 Å². The molecule has 3 N–H and O–H groups in total. The zero-order valence-electron chi connectivity index (χ0n) is 19.2. The molecule has 4 rings (SSSR count). The van der Waals surface area contributed by atoms with Crippen LogP contribution in [0.2, 0.25) is 0 Å². The lowest BCUT2D eigenvalue weighted by Gasteiger charge is -2.42. The Morgan fingerprint density at radius 2 is 2.06 bits per heavy atom. The molecule has 2 aromatic rings. The molecule has 0 saturated carbocycles. The van der Waals surface area contributed by atoms with Crippen molar-refractivity contribution in [2.24, 2.45) is 0 Å². The molecule has 0 aliphatic carbocycles. The van der Waals surface area contributed by atoms with Gasteiger partial charge in [0.05, 0.1) is 18.5 Å². The summed E-state index contributed by atoms with van der Waals surface area (Å²) in [6.45, 7) is 5.43. The van der Waals surface area contributed by atoms with E-state index in [1.54, 1.807) is 6.92 Å². The smallest absolute Gasteiger partial charge is 0.335 e. The van der Waals surface area contributed by atoms with Gasteiger partial charge in [0.15, 0.2) is 0 Å². The minimum absolute atomic E-state index is 0.0817. The van der Waals surface area contributed by atoms with E-state index in [0.29, 0.717) is 42.3 Å². The van der Waals surface area contributed by atoms with E-state index >= 15 is 0 Å². The molecule has 34 heavy (non-hydrogen) atoms. The van der Waals surface area contributed by atoms with Gasteiger partial charge in [-0.15, -0.1) is 3.89 Å². The molecule has 2 heterocycles. The highest BCUT2D eigenvalue weighted by atomic mass is 32.3. The summed E-state index contributed by atoms with van der Waals surface area (Å²) < 4.78 is 55.6. The molecule has 0 aromatic heterocycles. The number of piperidine rings is 1. The van der Waals surface area contributed by atoms with Crippen LogP contribution in [0.25, 0.3) is 0 Å². The third-order valence-electron chi connectivity index (χ3n) is 6.53. The quantitative estimate of drug-likeness (QED) is 0.505. The standard InChI is InChI=1S/C23H28F2N4O4S/c1-4-26-18-11-14(24)10-17-21(18)28-22(30)23(17,2)29-9-5-6-16(13-29)27-15-7-8-20(34(25,31)32)19(12-15)33-3/h7-8,10-12,16,26-27H,4-6,9,13H2,1-3H3,(H,28,30)/t16-,23?/m1/s1. The third-order valence-corrected chi connectivity index (χ3v) is 7.39. The van der Waals surface area contributed by atoms with Gasteiger partial charge in [-0.1, -0.05) is 0 Å². The van der Waals surface area contributed by atoms with Crippen LogP contribution < -0.4 is 20.7 Å². The van der Waals surface area contributed by atoms with Gasteiger partial charge in [0.1, 0.15) is 22.0 Å². The molecule has 8 nitrogen and oxygen atoms in total. The molecule has 0 radical (unpaired) electrons. The maximum Gasteiger partial charge on any atom is 0.335 e. The number of methoxy groups -OCH3 is 1. The average molecular weight is 495 g/mol. The lowest BCUT2D eigenvalue weighted by atomic mass is 9.88. The number of fused-ring (bicyclic) bond motifs is 1. The van der Waals surface area contributed by atoms with Crippen molar-refractivity contribution < 1.29 is 26.2 Å². The van der Waals surface area contributed by atoms with Crippen LogP contribution in [0.5, 0.6) is 5.75 Å². The van der Waals surface area contributed by atoms with Crippen LogP contribution in [-0.2, 0) is 20.6 Å². The topological polar surface area (TPSA) is 99.8 Å². The van der Waals surface area contributed by atoms with Crippen molar-refractivity contribution in [2.45, 2.75) is 43.2 Å². The normalized spacial score (nSPS) is 22.7. The Kier molecular flexibility index (Phi) is 6.43. The molecule has 2 aromatic carbocycles. The van der Waals surface area contributed by atoms with Gasteiger partial charge < -0.3 is 20.7 Å². The van der Waals surface area contributed by atoms with Gasteiger partial charge in [0, 0.05) is 36.4 Å². The highest BCUT2D eigenvalue weighted by molar-refractivity contribution is 7.86. The van der Waals surface area contributed by atoms with E-state index < -0.39 is 26.5 Å². The zero-order valence-corrected chi connectivity index (χ0v) is 20.1. The largest absolute Gasteiger partial charge is 0.495 e. The first-order chi connectivity index (χ1) is 16.1. The van der Waals surface area contributed by atoms with E-state index in [1.165, 1.54) is 31.4 Å². The van der Waals surface area contributed by atoms with Crippen molar-refractivity contribution in [3.8, 4) is 5.75 Å². The summed E-state index contributed by atoms with van der Waals surface area (Å²) in [5.74, 6) is -0.728. The number of carbonyl (C=O) groups is 1. The molecule has 1 saturated heterocycles. The van der Waals surface area contributed by atoms with E-state index in [4.69, 9.17) is 4.74 Å². The molecule has 1 amide bonds. The molecule has 184 valence electrons. The van der Waals surface area contributed by atoms with Crippen LogP contribution in [-0.4, -0.2) is 52.0 Å². The lowest BCUT2D eigenvalue weighted by molar-refractivity contribution is -0.127. The van der Waals surface area contributed by atoms with Crippen LogP contribution >= 0.6 is 0 Å².